The minimum Gasteiger partial charge on any atom is -0.387 e. The van der Waals surface area contributed by atoms with Crippen LogP contribution in [0.5, 0.6) is 0 Å². The van der Waals surface area contributed by atoms with Crippen LogP contribution in [0.4, 0.5) is 13.2 Å². The lowest BCUT2D eigenvalue weighted by molar-refractivity contribution is -0.159. The van der Waals surface area contributed by atoms with Crippen molar-refractivity contribution in [2.75, 3.05) is 6.61 Å². The summed E-state index contributed by atoms with van der Waals surface area (Å²) in [5, 5.41) is 7.28. The molecular weight excluding hydrogens is 221 g/mol. The normalized spacial score (nSPS) is 11.1. The van der Waals surface area contributed by atoms with Gasteiger partial charge in [-0.2, -0.15) is 13.2 Å². The Hall–Kier alpha value is -0.840. The summed E-state index contributed by atoms with van der Waals surface area (Å²) in [6, 6.07) is 0. The van der Waals surface area contributed by atoms with Crippen LogP contribution in [0.1, 0.15) is 39.5 Å². The summed E-state index contributed by atoms with van der Waals surface area (Å²) in [5.74, 6) is 0.279. The number of allylic oxidation sites excluding steroid dienone is 2. The maximum atomic E-state index is 10.5. The Kier molecular flexibility index (Phi) is 11.7. The second-order valence-corrected chi connectivity index (χ2v) is 3.27. The van der Waals surface area contributed by atoms with Crippen LogP contribution in [-0.4, -0.2) is 23.7 Å². The van der Waals surface area contributed by atoms with Crippen LogP contribution < -0.4 is 0 Å². The lowest BCUT2D eigenvalue weighted by atomic mass is 10.2. The van der Waals surface area contributed by atoms with Crippen LogP contribution in [0.15, 0.2) is 12.2 Å². The molecule has 1 N–H and O–H groups in total. The molecule has 0 heterocycles. The molecule has 0 fully saturated rings. The molecule has 0 aliphatic heterocycles. The van der Waals surface area contributed by atoms with Crippen molar-refractivity contribution in [3.05, 3.63) is 12.2 Å². The summed E-state index contributed by atoms with van der Waals surface area (Å²) < 4.78 is 31.6. The van der Waals surface area contributed by atoms with Crippen LogP contribution in [0.3, 0.4) is 0 Å². The molecule has 0 aromatic rings. The summed E-state index contributed by atoms with van der Waals surface area (Å²) in [6.45, 7) is 2.05. The molecule has 0 aliphatic rings. The largest absolute Gasteiger partial charge is 0.411 e. The van der Waals surface area contributed by atoms with Crippen molar-refractivity contribution in [3.8, 4) is 0 Å². The molecular formula is C11H19F3O2. The Morgan fingerprint density at radius 2 is 1.69 bits per heavy atom. The number of ketones is 1. The second kappa shape index (κ2) is 10.7. The molecule has 0 aliphatic carbocycles. The van der Waals surface area contributed by atoms with Crippen LogP contribution in [0, 0.1) is 0 Å². The van der Waals surface area contributed by atoms with Gasteiger partial charge in [0.15, 0.2) is 0 Å². The fourth-order valence-corrected chi connectivity index (χ4v) is 0.689. The lowest BCUT2D eigenvalue weighted by Gasteiger charge is -1.95. The highest BCUT2D eigenvalue weighted by molar-refractivity contribution is 5.75. The molecule has 0 rings (SSSR count). The number of aliphatic hydroxyl groups excluding tert-OH is 1. The van der Waals surface area contributed by atoms with E-state index in [1.807, 2.05) is 0 Å². The maximum absolute atomic E-state index is 10.5. The van der Waals surface area contributed by atoms with Gasteiger partial charge in [0.05, 0.1) is 0 Å². The first kappa shape index (κ1) is 17.6. The standard InChI is InChI=1S/C9H16O.C2H3F3O/c1-3-4-5-6-7-8-9(2)10;3-2(4,5)1-6/h5-6H,3-4,7-8H2,1-2H3;6H,1H2. The number of Topliss-reactive ketones (excluding diaryl/α,β-unsaturated/α-hetero) is 1. The minimum atomic E-state index is -4.40. The topological polar surface area (TPSA) is 37.3 Å². The number of hydrogen-bond acceptors (Lipinski definition) is 2. The van der Waals surface area contributed by atoms with E-state index in [1.54, 1.807) is 6.92 Å². The number of rotatable bonds is 5. The van der Waals surface area contributed by atoms with Crippen LogP contribution in [0.25, 0.3) is 0 Å². The van der Waals surface area contributed by atoms with Gasteiger partial charge in [0, 0.05) is 6.42 Å². The quantitative estimate of drug-likeness (QED) is 0.749. The fraction of sp³-hybridized carbons (Fsp3) is 0.727. The van der Waals surface area contributed by atoms with Gasteiger partial charge >= 0.3 is 6.18 Å². The zero-order valence-electron chi connectivity index (χ0n) is 9.68. The van der Waals surface area contributed by atoms with Gasteiger partial charge in [0.2, 0.25) is 0 Å². The van der Waals surface area contributed by atoms with E-state index >= 15 is 0 Å². The molecule has 0 atom stereocenters. The minimum absolute atomic E-state index is 0.279. The van der Waals surface area contributed by atoms with Crippen molar-refractivity contribution < 1.29 is 23.1 Å². The number of alkyl halides is 3. The summed E-state index contributed by atoms with van der Waals surface area (Å²) >= 11 is 0. The predicted molar refractivity (Wildman–Crippen MR) is 57.1 cm³/mol. The summed E-state index contributed by atoms with van der Waals surface area (Å²) in [7, 11) is 0. The number of aliphatic hydroxyl groups is 1. The summed E-state index contributed by atoms with van der Waals surface area (Å²) in [6.07, 6.45) is 3.76. The van der Waals surface area contributed by atoms with E-state index in [-0.39, 0.29) is 5.78 Å². The highest BCUT2D eigenvalue weighted by Gasteiger charge is 2.24. The molecule has 0 aromatic heterocycles. The van der Waals surface area contributed by atoms with E-state index in [9.17, 15) is 18.0 Å². The predicted octanol–water partition coefficient (Wildman–Crippen LogP) is 3.25. The molecule has 2 nitrogen and oxygen atoms in total. The number of hydrogen-bond donors (Lipinski definition) is 1. The molecule has 0 amide bonds. The van der Waals surface area contributed by atoms with Gasteiger partial charge in [-0.1, -0.05) is 25.5 Å². The number of unbranched alkanes of at least 4 members (excludes halogenated alkanes) is 1. The monoisotopic (exact) mass is 240 g/mol. The first-order valence-corrected chi connectivity index (χ1v) is 5.15. The van der Waals surface area contributed by atoms with Crippen molar-refractivity contribution in [1.29, 1.82) is 0 Å². The smallest absolute Gasteiger partial charge is 0.387 e. The molecule has 5 heteroatoms. The Morgan fingerprint density at radius 1 is 1.25 bits per heavy atom. The van der Waals surface area contributed by atoms with E-state index in [0.29, 0.717) is 6.42 Å². The lowest BCUT2D eigenvalue weighted by Crippen LogP contribution is -2.12. The van der Waals surface area contributed by atoms with Crippen molar-refractivity contribution in [2.24, 2.45) is 0 Å². The summed E-state index contributed by atoms with van der Waals surface area (Å²) in [4.78, 5) is 10.4. The Bertz CT molecular complexity index is 198. The van der Waals surface area contributed by atoms with Crippen molar-refractivity contribution in [1.82, 2.24) is 0 Å². The molecule has 0 aromatic carbocycles. The molecule has 16 heavy (non-hydrogen) atoms. The van der Waals surface area contributed by atoms with Gasteiger partial charge in [0.25, 0.3) is 0 Å². The summed E-state index contributed by atoms with van der Waals surface area (Å²) in [5.41, 5.74) is 0. The first-order chi connectivity index (χ1) is 7.33. The SMILES string of the molecule is CCCC=CCCC(C)=O.OCC(F)(F)F. The van der Waals surface area contributed by atoms with Gasteiger partial charge < -0.3 is 9.90 Å². The van der Waals surface area contributed by atoms with Gasteiger partial charge in [-0.15, -0.1) is 0 Å². The third-order valence-electron chi connectivity index (χ3n) is 1.46. The van der Waals surface area contributed by atoms with E-state index < -0.39 is 12.8 Å². The average Bonchev–Trinajstić information content (AvgIpc) is 2.17. The Labute approximate surface area is 94.2 Å². The fourth-order valence-electron chi connectivity index (χ4n) is 0.689. The molecule has 0 bridgehead atoms. The highest BCUT2D eigenvalue weighted by Crippen LogP contribution is 2.11. The van der Waals surface area contributed by atoms with Crippen LogP contribution >= 0.6 is 0 Å². The van der Waals surface area contributed by atoms with E-state index in [2.05, 4.69) is 19.1 Å². The van der Waals surface area contributed by atoms with E-state index in [4.69, 9.17) is 5.11 Å². The van der Waals surface area contributed by atoms with Crippen molar-refractivity contribution in [3.63, 3.8) is 0 Å². The first-order valence-electron chi connectivity index (χ1n) is 5.15. The molecule has 96 valence electrons. The van der Waals surface area contributed by atoms with Crippen molar-refractivity contribution >= 4 is 5.78 Å². The van der Waals surface area contributed by atoms with Gasteiger partial charge in [-0.25, -0.2) is 0 Å². The van der Waals surface area contributed by atoms with Crippen LogP contribution in [0.2, 0.25) is 0 Å². The zero-order valence-corrected chi connectivity index (χ0v) is 9.68. The molecule has 0 unspecified atom stereocenters. The third-order valence-corrected chi connectivity index (χ3v) is 1.46. The Balaban J connectivity index is 0. The Morgan fingerprint density at radius 3 is 2.00 bits per heavy atom. The number of carbonyl (C=O) groups is 1. The molecule has 0 saturated carbocycles. The number of carbonyl (C=O) groups excluding carboxylic acids is 1. The van der Waals surface area contributed by atoms with Gasteiger partial charge in [-0.3, -0.25) is 0 Å². The molecule has 0 saturated heterocycles. The zero-order chi connectivity index (χ0) is 13.0. The van der Waals surface area contributed by atoms with E-state index in [0.717, 1.165) is 12.8 Å². The third kappa shape index (κ3) is 23.2. The average molecular weight is 240 g/mol. The van der Waals surface area contributed by atoms with E-state index in [1.165, 1.54) is 6.42 Å². The van der Waals surface area contributed by atoms with Crippen LogP contribution in [-0.2, 0) is 4.79 Å². The molecule has 0 spiro atoms. The highest BCUT2D eigenvalue weighted by atomic mass is 19.4. The number of halogens is 3. The van der Waals surface area contributed by atoms with Gasteiger partial charge in [-0.05, 0) is 19.8 Å². The van der Waals surface area contributed by atoms with Gasteiger partial charge in [0.1, 0.15) is 12.4 Å². The molecule has 0 radical (unpaired) electrons. The second-order valence-electron chi connectivity index (χ2n) is 3.27. The maximum Gasteiger partial charge on any atom is 0.411 e. The van der Waals surface area contributed by atoms with Crippen molar-refractivity contribution in [2.45, 2.75) is 45.7 Å².